The average molecular weight is 84.1 g/mol. The van der Waals surface area contributed by atoms with Crippen LogP contribution in [0.3, 0.4) is 0 Å². The SMILES string of the molecule is [2H]c1nnc([2H])c([2H])n1. The summed E-state index contributed by atoms with van der Waals surface area (Å²) in [5.41, 5.74) is 0. The van der Waals surface area contributed by atoms with Crippen LogP contribution in [-0.2, 0) is 0 Å². The molecule has 1 aromatic heterocycles. The van der Waals surface area contributed by atoms with Crippen molar-refractivity contribution in [2.75, 3.05) is 0 Å². The first-order chi connectivity index (χ1) is 4.20. The van der Waals surface area contributed by atoms with Gasteiger partial charge in [-0.25, -0.2) is 4.98 Å². The number of nitrogens with zero attached hydrogens (tertiary/aromatic N) is 3. The Balaban J connectivity index is 3.17. The highest BCUT2D eigenvalue weighted by Gasteiger charge is 1.60. The van der Waals surface area contributed by atoms with Gasteiger partial charge in [0.15, 0.2) is 0 Å². The molecule has 0 unspecified atom stereocenters. The third-order valence-electron chi connectivity index (χ3n) is 0.301. The highest BCUT2D eigenvalue weighted by Crippen LogP contribution is 1.59. The summed E-state index contributed by atoms with van der Waals surface area (Å²) >= 11 is 0. The van der Waals surface area contributed by atoms with E-state index in [1.54, 1.807) is 0 Å². The predicted octanol–water partition coefficient (Wildman–Crippen LogP) is -0.128. The lowest BCUT2D eigenvalue weighted by Crippen LogP contribution is -1.75. The summed E-state index contributed by atoms with van der Waals surface area (Å²) in [6.45, 7) is 0. The van der Waals surface area contributed by atoms with Gasteiger partial charge in [0, 0.05) is 6.17 Å². The van der Waals surface area contributed by atoms with E-state index >= 15 is 0 Å². The fourth-order valence-electron chi connectivity index (χ4n) is 0.142. The molecule has 30 valence electrons. The summed E-state index contributed by atoms with van der Waals surface area (Å²) in [5, 5.41) is 6.30. The molecule has 0 N–H and O–H groups in total. The normalized spacial score (nSPS) is 15.0. The predicted molar refractivity (Wildman–Crippen MR) is 19.8 cm³/mol. The molecule has 0 aliphatic heterocycles. The van der Waals surface area contributed by atoms with Gasteiger partial charge in [0.25, 0.3) is 0 Å². The second-order valence-corrected chi connectivity index (χ2v) is 0.635. The molecule has 1 heterocycles. The van der Waals surface area contributed by atoms with Crippen LogP contribution < -0.4 is 0 Å². The van der Waals surface area contributed by atoms with Crippen molar-refractivity contribution in [1.82, 2.24) is 15.2 Å². The second kappa shape index (κ2) is 1.45. The summed E-state index contributed by atoms with van der Waals surface area (Å²) < 4.78 is 20.4. The van der Waals surface area contributed by atoms with Crippen molar-refractivity contribution in [2.45, 2.75) is 0 Å². The summed E-state index contributed by atoms with van der Waals surface area (Å²) in [5.74, 6) is 0. The molecule has 3 heteroatoms. The van der Waals surface area contributed by atoms with Crippen molar-refractivity contribution in [3.8, 4) is 0 Å². The molecule has 0 aromatic carbocycles. The first kappa shape index (κ1) is 1.26. The van der Waals surface area contributed by atoms with Crippen LogP contribution in [0.5, 0.6) is 0 Å². The van der Waals surface area contributed by atoms with Crippen LogP contribution in [0.2, 0.25) is 0 Å². The Labute approximate surface area is 39.3 Å². The van der Waals surface area contributed by atoms with Gasteiger partial charge in [0.1, 0.15) is 7.67 Å². The molecule has 0 atom stereocenters. The van der Waals surface area contributed by atoms with Crippen LogP contribution >= 0.6 is 0 Å². The minimum Gasteiger partial charge on any atom is -0.241 e. The summed E-state index contributed by atoms with van der Waals surface area (Å²) in [4.78, 5) is 3.25. The Morgan fingerprint density at radius 1 is 1.33 bits per heavy atom. The van der Waals surface area contributed by atoms with Crippen LogP contribution in [0.4, 0.5) is 0 Å². The van der Waals surface area contributed by atoms with Crippen molar-refractivity contribution < 1.29 is 4.11 Å². The molecule has 6 heavy (non-hydrogen) atoms. The maximum absolute atomic E-state index is 6.84. The summed E-state index contributed by atoms with van der Waals surface area (Å²) in [6, 6.07) is 0. The fourth-order valence-corrected chi connectivity index (χ4v) is 0.142. The lowest BCUT2D eigenvalue weighted by molar-refractivity contribution is 0.969. The Kier molecular flexibility index (Phi) is 0.303. The molecule has 0 fully saturated rings. The van der Waals surface area contributed by atoms with E-state index in [9.17, 15) is 0 Å². The van der Waals surface area contributed by atoms with Gasteiger partial charge in [-0.15, -0.1) is 5.10 Å². The Bertz CT molecular complexity index is 226. The van der Waals surface area contributed by atoms with Crippen LogP contribution in [0, 0.1) is 0 Å². The van der Waals surface area contributed by atoms with E-state index in [1.165, 1.54) is 0 Å². The lowest BCUT2D eigenvalue weighted by atomic mass is 10.9. The molecule has 0 saturated heterocycles. The first-order valence-electron chi connectivity index (χ1n) is 2.84. The zero-order valence-corrected chi connectivity index (χ0v) is 2.84. The summed E-state index contributed by atoms with van der Waals surface area (Å²) in [7, 11) is 0. The van der Waals surface area contributed by atoms with E-state index in [0.29, 0.717) is 0 Å². The molecule has 0 spiro atoms. The van der Waals surface area contributed by atoms with Gasteiger partial charge >= 0.3 is 0 Å². The number of rotatable bonds is 0. The average Bonchev–Trinajstić information content (AvgIpc) is 1.80. The monoisotopic (exact) mass is 84.1 g/mol. The van der Waals surface area contributed by atoms with Gasteiger partial charge < -0.3 is 0 Å². The van der Waals surface area contributed by atoms with E-state index in [-0.39, 0.29) is 18.6 Å². The van der Waals surface area contributed by atoms with Crippen molar-refractivity contribution in [1.29, 1.82) is 0 Å². The maximum Gasteiger partial charge on any atom is 0.138 e. The van der Waals surface area contributed by atoms with Crippen molar-refractivity contribution >= 4 is 0 Å². The third kappa shape index (κ3) is 0.484. The topological polar surface area (TPSA) is 38.7 Å². The van der Waals surface area contributed by atoms with Crippen LogP contribution in [-0.4, -0.2) is 15.2 Å². The highest BCUT2D eigenvalue weighted by atomic mass is 15.1. The standard InChI is InChI=1S/C3H3N3/c1-2-5-6-3-4-1/h1-3H/i1D,2D,3D. The van der Waals surface area contributed by atoms with E-state index in [4.69, 9.17) is 4.11 Å². The highest BCUT2D eigenvalue weighted by molar-refractivity contribution is 4.59. The van der Waals surface area contributed by atoms with Crippen molar-refractivity contribution in [3.05, 3.63) is 18.6 Å². The van der Waals surface area contributed by atoms with E-state index in [1.807, 2.05) is 0 Å². The molecule has 0 aliphatic carbocycles. The zero-order chi connectivity index (χ0) is 6.85. The zero-order valence-electron chi connectivity index (χ0n) is 5.84. The molecule has 1 aromatic rings. The fraction of sp³-hybridized carbons (Fsp3) is 0. The van der Waals surface area contributed by atoms with Gasteiger partial charge in [0.05, 0.1) is 8.91 Å². The van der Waals surface area contributed by atoms with Gasteiger partial charge in [-0.05, 0) is 0 Å². The Morgan fingerprint density at radius 3 is 3.00 bits per heavy atom. The van der Waals surface area contributed by atoms with E-state index in [0.717, 1.165) is 0 Å². The van der Waals surface area contributed by atoms with Gasteiger partial charge in [-0.1, -0.05) is 0 Å². The number of hydrogen-bond acceptors (Lipinski definition) is 3. The van der Waals surface area contributed by atoms with E-state index < -0.39 is 0 Å². The molecule has 0 bridgehead atoms. The van der Waals surface area contributed by atoms with Gasteiger partial charge in [-0.2, -0.15) is 5.10 Å². The number of aromatic nitrogens is 3. The van der Waals surface area contributed by atoms with E-state index in [2.05, 4.69) is 15.2 Å². The maximum atomic E-state index is 6.84. The molecule has 0 radical (unpaired) electrons. The third-order valence-corrected chi connectivity index (χ3v) is 0.301. The van der Waals surface area contributed by atoms with Gasteiger partial charge in [0.2, 0.25) is 0 Å². The largest absolute Gasteiger partial charge is 0.241 e. The molecular weight excluding hydrogens is 78.1 g/mol. The molecule has 0 amide bonds. The lowest BCUT2D eigenvalue weighted by Gasteiger charge is -1.69. The van der Waals surface area contributed by atoms with Crippen LogP contribution in [0.15, 0.2) is 18.6 Å². The van der Waals surface area contributed by atoms with Crippen LogP contribution in [0.25, 0.3) is 0 Å². The number of hydrogen-bond donors (Lipinski definition) is 0. The molecular formula is C3H3N3. The summed E-state index contributed by atoms with van der Waals surface area (Å²) in [6.07, 6.45) is -0.933. The first-order valence-corrected chi connectivity index (χ1v) is 1.34. The smallest absolute Gasteiger partial charge is 0.138 e. The minimum absolute atomic E-state index is 0.300. The van der Waals surface area contributed by atoms with Crippen molar-refractivity contribution in [2.24, 2.45) is 0 Å². The van der Waals surface area contributed by atoms with Crippen LogP contribution in [0.1, 0.15) is 4.11 Å². The van der Waals surface area contributed by atoms with Crippen molar-refractivity contribution in [3.63, 3.8) is 0 Å². The minimum atomic E-state index is -0.323. The van der Waals surface area contributed by atoms with Gasteiger partial charge in [-0.3, -0.25) is 0 Å². The quantitative estimate of drug-likeness (QED) is 0.439. The Hall–Kier alpha value is -0.990. The molecule has 3 nitrogen and oxygen atoms in total. The molecule has 1 rings (SSSR count). The molecule has 0 aliphatic rings. The Morgan fingerprint density at radius 2 is 2.33 bits per heavy atom. The second-order valence-electron chi connectivity index (χ2n) is 0.635. The molecule has 0 saturated carbocycles.